The van der Waals surface area contributed by atoms with E-state index in [9.17, 15) is 4.39 Å². The summed E-state index contributed by atoms with van der Waals surface area (Å²) >= 11 is 1.36. The Bertz CT molecular complexity index is 1090. The molecule has 142 valence electrons. The smallest absolute Gasteiger partial charge is 0.237 e. The Kier molecular flexibility index (Phi) is 5.07. The van der Waals surface area contributed by atoms with E-state index in [1.165, 1.54) is 17.8 Å². The molecule has 0 aliphatic carbocycles. The first-order valence-electron chi connectivity index (χ1n) is 8.41. The van der Waals surface area contributed by atoms with Gasteiger partial charge >= 0.3 is 0 Å². The van der Waals surface area contributed by atoms with Crippen molar-refractivity contribution in [3.05, 3.63) is 59.7 Å². The van der Waals surface area contributed by atoms with Gasteiger partial charge in [0.15, 0.2) is 5.82 Å². The number of ether oxygens (including phenoxy) is 1. The maximum Gasteiger partial charge on any atom is 0.237 e. The molecule has 0 saturated heterocycles. The van der Waals surface area contributed by atoms with Crippen LogP contribution in [0.3, 0.4) is 0 Å². The number of benzene rings is 2. The molecule has 9 heteroatoms. The van der Waals surface area contributed by atoms with Gasteiger partial charge in [-0.15, -0.1) is 5.10 Å². The van der Waals surface area contributed by atoms with E-state index in [1.807, 2.05) is 24.3 Å². The number of aromatic amines is 1. The molecule has 0 atom stereocenters. The summed E-state index contributed by atoms with van der Waals surface area (Å²) in [6, 6.07) is 12.4. The number of H-pyrrole nitrogens is 1. The summed E-state index contributed by atoms with van der Waals surface area (Å²) in [6.07, 6.45) is 0. The molecule has 1 N–H and O–H groups in total. The largest absolute Gasteiger partial charge is 0.497 e. The van der Waals surface area contributed by atoms with Gasteiger partial charge in [-0.2, -0.15) is 4.98 Å². The summed E-state index contributed by atoms with van der Waals surface area (Å²) in [4.78, 5) is 8.76. The van der Waals surface area contributed by atoms with Crippen molar-refractivity contribution >= 4 is 11.8 Å². The highest BCUT2D eigenvalue weighted by Gasteiger charge is 2.13. The number of thioether (sulfide) groups is 1. The third kappa shape index (κ3) is 3.89. The van der Waals surface area contributed by atoms with Crippen LogP contribution in [0.4, 0.5) is 4.39 Å². The molecule has 0 fully saturated rings. The van der Waals surface area contributed by atoms with Crippen molar-refractivity contribution in [3.8, 4) is 28.5 Å². The van der Waals surface area contributed by atoms with Crippen LogP contribution in [-0.4, -0.2) is 32.4 Å². The standard InChI is InChI=1S/C19H16FN5O2S/c1-11-3-4-13(9-15(11)20)18-21-16(27-25-18)10-28-19-22-17(23-24-19)12-5-7-14(26-2)8-6-12/h3-9H,10H2,1-2H3,(H,22,23,24). The van der Waals surface area contributed by atoms with Gasteiger partial charge in [-0.25, -0.2) is 9.37 Å². The molecule has 0 unspecified atom stereocenters. The van der Waals surface area contributed by atoms with Gasteiger partial charge in [0, 0.05) is 11.1 Å². The summed E-state index contributed by atoms with van der Waals surface area (Å²) in [7, 11) is 1.62. The van der Waals surface area contributed by atoms with E-state index in [0.29, 0.717) is 39.6 Å². The predicted octanol–water partition coefficient (Wildman–Crippen LogP) is 4.27. The van der Waals surface area contributed by atoms with E-state index in [-0.39, 0.29) is 5.82 Å². The second kappa shape index (κ2) is 7.81. The highest BCUT2D eigenvalue weighted by Crippen LogP contribution is 2.25. The minimum atomic E-state index is -0.301. The minimum Gasteiger partial charge on any atom is -0.497 e. The van der Waals surface area contributed by atoms with Crippen molar-refractivity contribution in [2.75, 3.05) is 7.11 Å². The van der Waals surface area contributed by atoms with Gasteiger partial charge in [0.25, 0.3) is 0 Å². The monoisotopic (exact) mass is 397 g/mol. The number of nitrogens with zero attached hydrogens (tertiary/aromatic N) is 4. The number of rotatable bonds is 6. The fourth-order valence-electron chi connectivity index (χ4n) is 2.48. The summed E-state index contributed by atoms with van der Waals surface area (Å²) in [6.45, 7) is 1.70. The number of aromatic nitrogens is 5. The molecule has 0 radical (unpaired) electrons. The van der Waals surface area contributed by atoms with Crippen LogP contribution in [0.25, 0.3) is 22.8 Å². The SMILES string of the molecule is COc1ccc(-c2nc(SCc3nc(-c4ccc(C)c(F)c4)no3)n[nH]2)cc1. The molecule has 0 amide bonds. The number of hydrogen-bond acceptors (Lipinski definition) is 7. The van der Waals surface area contributed by atoms with Crippen molar-refractivity contribution in [1.82, 2.24) is 25.3 Å². The lowest BCUT2D eigenvalue weighted by Gasteiger charge is -1.99. The third-order valence-corrected chi connectivity index (χ3v) is 4.88. The molecule has 2 heterocycles. The van der Waals surface area contributed by atoms with Crippen molar-refractivity contribution in [1.29, 1.82) is 0 Å². The van der Waals surface area contributed by atoms with E-state index < -0.39 is 0 Å². The van der Waals surface area contributed by atoms with E-state index >= 15 is 0 Å². The van der Waals surface area contributed by atoms with Crippen LogP contribution in [0.2, 0.25) is 0 Å². The first-order chi connectivity index (χ1) is 13.6. The Balaban J connectivity index is 1.42. The molecular formula is C19H16FN5O2S. The second-order valence-corrected chi connectivity index (χ2v) is 6.90. The number of hydrogen-bond donors (Lipinski definition) is 1. The average molecular weight is 397 g/mol. The van der Waals surface area contributed by atoms with Gasteiger partial charge in [-0.1, -0.05) is 29.1 Å². The molecule has 4 aromatic rings. The zero-order chi connectivity index (χ0) is 19.5. The maximum absolute atomic E-state index is 13.7. The first-order valence-corrected chi connectivity index (χ1v) is 9.39. The number of methoxy groups -OCH3 is 1. The molecule has 28 heavy (non-hydrogen) atoms. The highest BCUT2D eigenvalue weighted by molar-refractivity contribution is 7.98. The average Bonchev–Trinajstić information content (AvgIpc) is 3.38. The minimum absolute atomic E-state index is 0.301. The summed E-state index contributed by atoms with van der Waals surface area (Å²) in [5.74, 6) is 2.30. The lowest BCUT2D eigenvalue weighted by atomic mass is 10.1. The van der Waals surface area contributed by atoms with Crippen molar-refractivity contribution in [3.63, 3.8) is 0 Å². The van der Waals surface area contributed by atoms with Crippen molar-refractivity contribution in [2.24, 2.45) is 0 Å². The lowest BCUT2D eigenvalue weighted by molar-refractivity contribution is 0.391. The van der Waals surface area contributed by atoms with E-state index in [0.717, 1.165) is 11.3 Å². The molecule has 0 saturated carbocycles. The fraction of sp³-hybridized carbons (Fsp3) is 0.158. The molecule has 0 spiro atoms. The number of nitrogens with one attached hydrogen (secondary N) is 1. The molecule has 2 aromatic carbocycles. The Labute approximate surface area is 164 Å². The fourth-order valence-corrected chi connectivity index (χ4v) is 3.11. The summed E-state index contributed by atoms with van der Waals surface area (Å²) in [5, 5.41) is 11.6. The number of halogens is 1. The molecule has 0 aliphatic rings. The van der Waals surface area contributed by atoms with Gasteiger partial charge in [0.1, 0.15) is 11.6 Å². The Morgan fingerprint density at radius 3 is 2.64 bits per heavy atom. The molecule has 0 bridgehead atoms. The van der Waals surface area contributed by atoms with Gasteiger partial charge < -0.3 is 9.26 Å². The second-order valence-electron chi connectivity index (χ2n) is 5.96. The van der Waals surface area contributed by atoms with Gasteiger partial charge in [-0.05, 0) is 42.8 Å². The van der Waals surface area contributed by atoms with Crippen LogP contribution < -0.4 is 4.74 Å². The van der Waals surface area contributed by atoms with Gasteiger partial charge in [0.05, 0.1) is 12.9 Å². The van der Waals surface area contributed by atoms with Crippen molar-refractivity contribution < 1.29 is 13.7 Å². The van der Waals surface area contributed by atoms with Gasteiger partial charge in [0.2, 0.25) is 16.9 Å². The molecule has 4 rings (SSSR count). The van der Waals surface area contributed by atoms with Gasteiger partial charge in [-0.3, -0.25) is 5.10 Å². The molecule has 2 aromatic heterocycles. The van der Waals surface area contributed by atoms with E-state index in [2.05, 4.69) is 25.3 Å². The van der Waals surface area contributed by atoms with Crippen LogP contribution in [0.5, 0.6) is 5.75 Å². The highest BCUT2D eigenvalue weighted by atomic mass is 32.2. The van der Waals surface area contributed by atoms with Crippen LogP contribution in [-0.2, 0) is 5.75 Å². The Morgan fingerprint density at radius 1 is 1.11 bits per heavy atom. The Morgan fingerprint density at radius 2 is 1.89 bits per heavy atom. The predicted molar refractivity (Wildman–Crippen MR) is 102 cm³/mol. The zero-order valence-corrected chi connectivity index (χ0v) is 16.0. The topological polar surface area (TPSA) is 89.7 Å². The van der Waals surface area contributed by atoms with Crippen molar-refractivity contribution in [2.45, 2.75) is 17.8 Å². The normalized spacial score (nSPS) is 11.0. The quantitative estimate of drug-likeness (QED) is 0.486. The van der Waals surface area contributed by atoms with Crippen LogP contribution in [0, 0.1) is 12.7 Å². The third-order valence-electron chi connectivity index (χ3n) is 4.05. The molecular weight excluding hydrogens is 381 g/mol. The summed E-state index contributed by atoms with van der Waals surface area (Å²) in [5.41, 5.74) is 2.05. The number of aryl methyl sites for hydroxylation is 1. The molecule has 7 nitrogen and oxygen atoms in total. The van der Waals surface area contributed by atoms with Crippen LogP contribution in [0.15, 0.2) is 52.1 Å². The lowest BCUT2D eigenvalue weighted by Crippen LogP contribution is -1.87. The zero-order valence-electron chi connectivity index (χ0n) is 15.1. The first kappa shape index (κ1) is 18.2. The molecule has 0 aliphatic heterocycles. The van der Waals surface area contributed by atoms with Crippen LogP contribution >= 0.6 is 11.8 Å². The maximum atomic E-state index is 13.7. The van der Waals surface area contributed by atoms with E-state index in [4.69, 9.17) is 9.26 Å². The van der Waals surface area contributed by atoms with Crippen LogP contribution in [0.1, 0.15) is 11.5 Å². The van der Waals surface area contributed by atoms with E-state index in [1.54, 1.807) is 26.2 Å². The summed E-state index contributed by atoms with van der Waals surface area (Å²) < 4.78 is 24.1. The Hall–Kier alpha value is -3.20.